The second-order valence-electron chi connectivity index (χ2n) is 23.6. The predicted molar refractivity (Wildman–Crippen MR) is 308 cm³/mol. The zero-order valence-electron chi connectivity index (χ0n) is 48.0. The first kappa shape index (κ1) is 61.4. The maximum absolute atomic E-state index is 14.1. The van der Waals surface area contributed by atoms with Gasteiger partial charge < -0.3 is 9.47 Å². The van der Waals surface area contributed by atoms with Crippen molar-refractivity contribution in [1.82, 2.24) is 9.80 Å². The van der Waals surface area contributed by atoms with Crippen molar-refractivity contribution in [3.8, 4) is 11.5 Å². The Bertz CT molecular complexity index is 2440. The Hall–Kier alpha value is -3.86. The molecule has 418 valence electrons. The molecule has 14 heteroatoms. The van der Waals surface area contributed by atoms with Gasteiger partial charge in [0.05, 0.1) is 0 Å². The molecule has 0 N–H and O–H groups in total. The van der Waals surface area contributed by atoms with Crippen molar-refractivity contribution in [2.45, 2.75) is 202 Å². The van der Waals surface area contributed by atoms with Crippen molar-refractivity contribution < 1.29 is 47.5 Å². The first-order chi connectivity index (χ1) is 36.0. The van der Waals surface area contributed by atoms with Crippen molar-refractivity contribution in [2.24, 2.45) is 0 Å². The van der Waals surface area contributed by atoms with E-state index in [0.717, 1.165) is 66.5 Å². The third-order valence-corrected chi connectivity index (χ3v) is 30.5. The fraction of sp³-hybridized carbons (Fsp3) is 0.581. The van der Waals surface area contributed by atoms with Gasteiger partial charge in [-0.05, 0) is 34.6 Å². The summed E-state index contributed by atoms with van der Waals surface area (Å²) < 4.78 is 58.3. The number of hydrogen-bond donors (Lipinski definition) is 0. The number of rotatable bonds is 25. The predicted octanol–water partition coefficient (Wildman–Crippen LogP) is 15.2. The molecular weight excluding hydrogens is 1130 g/mol. The molecule has 0 radical (unpaired) electrons. The van der Waals surface area contributed by atoms with E-state index in [1.54, 1.807) is 9.80 Å². The normalized spacial score (nSPS) is 18.3. The number of hydrogen-bond acceptors (Lipinski definition) is 10. The number of nitrogens with zero attached hydrogens (tertiary/aromatic N) is 2. The van der Waals surface area contributed by atoms with Crippen LogP contribution in [0, 0.1) is 0 Å². The summed E-state index contributed by atoms with van der Waals surface area (Å²) in [7, 11) is 0. The van der Waals surface area contributed by atoms with E-state index >= 15 is 0 Å². The van der Waals surface area contributed by atoms with Crippen molar-refractivity contribution in [3.63, 3.8) is 0 Å². The average molecular weight is 1220 g/mol. The molecule has 6 rings (SSSR count). The van der Waals surface area contributed by atoms with E-state index in [2.05, 4.69) is 79.2 Å². The Labute approximate surface area is 468 Å². The van der Waals surface area contributed by atoms with Crippen LogP contribution in [0.2, 0.25) is 13.3 Å². The van der Waals surface area contributed by atoms with Crippen LogP contribution in [-0.4, -0.2) is 102 Å². The zero-order valence-corrected chi connectivity index (χ0v) is 52.4. The molecule has 0 unspecified atom stereocenters. The molecule has 0 aliphatic carbocycles. The second-order valence-corrected chi connectivity index (χ2v) is 37.6. The number of ether oxygens (including phenoxy) is 8. The van der Waals surface area contributed by atoms with E-state index in [4.69, 9.17) is 37.9 Å². The summed E-state index contributed by atoms with van der Waals surface area (Å²) in [5.41, 5.74) is 0.844. The fourth-order valence-corrected chi connectivity index (χ4v) is 27.3. The molecule has 76 heavy (non-hydrogen) atoms. The molecule has 0 aromatic heterocycles. The quantitative estimate of drug-likeness (QED) is 0.0594. The molecule has 0 bridgehead atoms. The van der Waals surface area contributed by atoms with Gasteiger partial charge in [0, 0.05) is 0 Å². The van der Waals surface area contributed by atoms with Gasteiger partial charge in [-0.15, -0.1) is 0 Å². The van der Waals surface area contributed by atoms with Gasteiger partial charge in [0.2, 0.25) is 0 Å². The van der Waals surface area contributed by atoms with E-state index in [-0.39, 0.29) is 19.3 Å². The van der Waals surface area contributed by atoms with E-state index in [1.807, 2.05) is 124 Å². The van der Waals surface area contributed by atoms with Crippen LogP contribution in [0.3, 0.4) is 0 Å². The van der Waals surface area contributed by atoms with Crippen molar-refractivity contribution in [1.29, 1.82) is 0 Å². The summed E-state index contributed by atoms with van der Waals surface area (Å²) >= 11 is 0.470. The molecule has 2 heterocycles. The molecule has 0 saturated carbocycles. The SMILES string of the molecule is CCC[CH2][Sn]([CH2]CCC)([CH2]CCC)[c]1cc([C@@H]2COC(C)(C)N2C(=O)OC(C)(C)C)ccc1O[C@H](COCc1ccccc1)[C@@H](COCc1ccccc1)Oc1ccc([C@@H]2COC(C)(C)N2C(=O)OC(C)(C)C)cc1Br. The van der Waals surface area contributed by atoms with Crippen LogP contribution in [-0.2, 0) is 41.6 Å². The summed E-state index contributed by atoms with van der Waals surface area (Å²) in [4.78, 5) is 31.3. The Morgan fingerprint density at radius 3 is 1.39 bits per heavy atom. The first-order valence-corrected chi connectivity index (χ1v) is 36.1. The third-order valence-electron chi connectivity index (χ3n) is 14.2. The molecule has 2 aliphatic rings. The van der Waals surface area contributed by atoms with Crippen LogP contribution >= 0.6 is 15.9 Å². The molecule has 0 spiro atoms. The van der Waals surface area contributed by atoms with Crippen LogP contribution < -0.4 is 13.1 Å². The zero-order chi connectivity index (χ0) is 55.3. The number of benzene rings is 4. The van der Waals surface area contributed by atoms with Crippen LogP contribution in [0.1, 0.15) is 163 Å². The molecule has 4 aromatic rings. The molecule has 12 nitrogen and oxygen atoms in total. The van der Waals surface area contributed by atoms with Gasteiger partial charge in [-0.3, -0.25) is 0 Å². The van der Waals surface area contributed by atoms with E-state index in [9.17, 15) is 9.59 Å². The third kappa shape index (κ3) is 16.8. The molecule has 2 saturated heterocycles. The first-order valence-electron chi connectivity index (χ1n) is 27.8. The minimum absolute atomic E-state index is 0.183. The van der Waals surface area contributed by atoms with Crippen molar-refractivity contribution >= 4 is 50.1 Å². The Kier molecular flexibility index (Phi) is 22.1. The van der Waals surface area contributed by atoms with Crippen molar-refractivity contribution in [3.05, 3.63) is 124 Å². The van der Waals surface area contributed by atoms with Gasteiger partial charge in [-0.1, -0.05) is 0 Å². The monoisotopic (exact) mass is 1220 g/mol. The van der Waals surface area contributed by atoms with Gasteiger partial charge in [0.1, 0.15) is 11.3 Å². The summed E-state index contributed by atoms with van der Waals surface area (Å²) in [6.45, 7) is 27.6. The number of carbonyl (C=O) groups excluding carboxylic acids is 2. The maximum atomic E-state index is 14.1. The molecule has 2 fully saturated rings. The topological polar surface area (TPSA) is 114 Å². The summed E-state index contributed by atoms with van der Waals surface area (Å²) in [5.74, 6) is 1.43. The Morgan fingerprint density at radius 1 is 0.605 bits per heavy atom. The molecule has 2 amide bonds. The van der Waals surface area contributed by atoms with Gasteiger partial charge in [-0.2, -0.15) is 0 Å². The summed E-state index contributed by atoms with van der Waals surface area (Å²) in [6, 6.07) is 32.1. The molecule has 4 atom stereocenters. The van der Waals surface area contributed by atoms with E-state index < -0.39 is 71.5 Å². The van der Waals surface area contributed by atoms with Crippen LogP contribution in [0.4, 0.5) is 9.59 Å². The van der Waals surface area contributed by atoms with Gasteiger partial charge >= 0.3 is 411 Å². The number of unbranched alkanes of at least 4 members (excludes halogenated alkanes) is 3. The Morgan fingerprint density at radius 2 is 1.00 bits per heavy atom. The minimum atomic E-state index is -3.43. The van der Waals surface area contributed by atoms with Crippen LogP contribution in [0.5, 0.6) is 11.5 Å². The van der Waals surface area contributed by atoms with Crippen LogP contribution in [0.15, 0.2) is 102 Å². The summed E-state index contributed by atoms with van der Waals surface area (Å²) in [6.07, 6.45) is 4.58. The number of carbonyl (C=O) groups is 2. The Balaban J connectivity index is 1.47. The fourth-order valence-electron chi connectivity index (χ4n) is 10.3. The van der Waals surface area contributed by atoms with Gasteiger partial charge in [0.25, 0.3) is 0 Å². The number of amides is 2. The molecule has 2 aliphatic heterocycles. The standard InChI is InChI=1S/C50H62BrN2O10.3C4H9.Sn/c1-47(2,3)62-45(54)52-40(30-58-49(52,7)8)36-21-24-38(25-22-36)60-43(32-56-28-34-17-13-11-14-18-34)44(33-57-29-35-19-15-12-16-20-35)61-42-26-23-37(27-39(42)51)41-31-59-50(9,10)53(41)46(55)63-48(4,5)6;3*1-3-4-2;/h11-24,26-27,40-41,43-44H,28-33H2,1-10H3;3*1,3-4H2,2H3;/t40-,41-,43+,44+;;;;/m0..../s1. The van der Waals surface area contributed by atoms with Gasteiger partial charge in [0.15, 0.2) is 0 Å². The van der Waals surface area contributed by atoms with Crippen molar-refractivity contribution in [2.75, 3.05) is 26.4 Å². The molecular formula is C62H89BrN2O10Sn. The number of halogens is 1. The second kappa shape index (κ2) is 27.3. The molecule has 4 aromatic carbocycles. The van der Waals surface area contributed by atoms with E-state index in [1.165, 1.54) is 16.9 Å². The van der Waals surface area contributed by atoms with Gasteiger partial charge in [-0.25, -0.2) is 4.79 Å². The van der Waals surface area contributed by atoms with Crippen LogP contribution in [0.25, 0.3) is 0 Å². The summed E-state index contributed by atoms with van der Waals surface area (Å²) in [5, 5.41) is 0. The van der Waals surface area contributed by atoms with E-state index in [0.29, 0.717) is 36.6 Å². The average Bonchev–Trinajstić information content (AvgIpc) is 3.88.